The monoisotopic (exact) mass is 277 g/mol. The first kappa shape index (κ1) is 13.1. The number of carbonyl (C=O) groups is 1. The minimum atomic E-state index is 0.186. The third kappa shape index (κ3) is 3.86. The number of pyridine rings is 1. The van der Waals surface area contributed by atoms with E-state index < -0.39 is 0 Å². The molecule has 2 aromatic rings. The van der Waals surface area contributed by atoms with Crippen molar-refractivity contribution in [3.63, 3.8) is 0 Å². The lowest BCUT2D eigenvalue weighted by atomic mass is 10.1. The van der Waals surface area contributed by atoms with E-state index in [0.29, 0.717) is 17.2 Å². The van der Waals surface area contributed by atoms with Crippen LogP contribution in [0.25, 0.3) is 0 Å². The van der Waals surface area contributed by atoms with Crippen molar-refractivity contribution < 1.29 is 4.79 Å². The molecule has 2 rings (SSSR count). The zero-order chi connectivity index (χ0) is 12.8. The molecule has 0 bridgehead atoms. The number of aromatic nitrogens is 1. The van der Waals surface area contributed by atoms with Gasteiger partial charge in [0.25, 0.3) is 0 Å². The SMILES string of the molecule is O=C(CSc1ccccc1Cl)Cc1ccncc1. The van der Waals surface area contributed by atoms with Crippen molar-refractivity contribution in [3.8, 4) is 0 Å². The first-order chi connectivity index (χ1) is 8.75. The van der Waals surface area contributed by atoms with Gasteiger partial charge < -0.3 is 0 Å². The molecular formula is C14H12ClNOS. The van der Waals surface area contributed by atoms with Crippen LogP contribution in [-0.2, 0) is 11.2 Å². The maximum atomic E-state index is 11.8. The maximum absolute atomic E-state index is 11.8. The third-order valence-electron chi connectivity index (χ3n) is 2.38. The zero-order valence-electron chi connectivity index (χ0n) is 9.67. The van der Waals surface area contributed by atoms with E-state index >= 15 is 0 Å². The Bertz CT molecular complexity index is 530. The van der Waals surface area contributed by atoms with E-state index in [9.17, 15) is 4.79 Å². The first-order valence-corrected chi connectivity index (χ1v) is 6.90. The molecule has 18 heavy (non-hydrogen) atoms. The summed E-state index contributed by atoms with van der Waals surface area (Å²) in [6.07, 6.45) is 3.84. The summed E-state index contributed by atoms with van der Waals surface area (Å²) >= 11 is 7.50. The van der Waals surface area contributed by atoms with Gasteiger partial charge in [-0.05, 0) is 29.8 Å². The van der Waals surface area contributed by atoms with Gasteiger partial charge in [0, 0.05) is 23.7 Å². The van der Waals surface area contributed by atoms with Crippen LogP contribution in [0.1, 0.15) is 5.56 Å². The molecule has 1 heterocycles. The normalized spacial score (nSPS) is 10.3. The predicted molar refractivity (Wildman–Crippen MR) is 75.1 cm³/mol. The molecule has 0 amide bonds. The standard InChI is InChI=1S/C14H12ClNOS/c15-13-3-1-2-4-14(13)18-10-12(17)9-11-5-7-16-8-6-11/h1-8H,9-10H2. The van der Waals surface area contributed by atoms with Crippen molar-refractivity contribution >= 4 is 29.1 Å². The summed E-state index contributed by atoms with van der Waals surface area (Å²) in [5, 5.41) is 0.694. The second kappa shape index (κ2) is 6.57. The summed E-state index contributed by atoms with van der Waals surface area (Å²) in [5.41, 5.74) is 0.995. The van der Waals surface area contributed by atoms with E-state index in [-0.39, 0.29) is 5.78 Å². The largest absolute Gasteiger partial charge is 0.298 e. The highest BCUT2D eigenvalue weighted by Crippen LogP contribution is 2.26. The topological polar surface area (TPSA) is 30.0 Å². The number of hydrogen-bond donors (Lipinski definition) is 0. The molecule has 2 nitrogen and oxygen atoms in total. The Kier molecular flexibility index (Phi) is 4.79. The molecule has 0 aliphatic rings. The van der Waals surface area contributed by atoms with Gasteiger partial charge >= 0.3 is 0 Å². The molecule has 0 atom stereocenters. The highest BCUT2D eigenvalue weighted by atomic mass is 35.5. The van der Waals surface area contributed by atoms with Crippen LogP contribution < -0.4 is 0 Å². The number of carbonyl (C=O) groups excluding carboxylic acids is 1. The number of Topliss-reactive ketones (excluding diaryl/α,β-unsaturated/α-hetero) is 1. The van der Waals surface area contributed by atoms with Crippen LogP contribution in [0.15, 0.2) is 53.7 Å². The zero-order valence-corrected chi connectivity index (χ0v) is 11.2. The minimum Gasteiger partial charge on any atom is -0.298 e. The van der Waals surface area contributed by atoms with Crippen molar-refractivity contribution in [3.05, 3.63) is 59.4 Å². The van der Waals surface area contributed by atoms with Gasteiger partial charge in [-0.1, -0.05) is 23.7 Å². The summed E-state index contributed by atoms with van der Waals surface area (Å²) in [6, 6.07) is 11.3. The molecule has 0 fully saturated rings. The molecule has 0 spiro atoms. The molecule has 1 aromatic carbocycles. The number of nitrogens with zero attached hydrogens (tertiary/aromatic N) is 1. The number of thioether (sulfide) groups is 1. The highest BCUT2D eigenvalue weighted by molar-refractivity contribution is 8.00. The molecule has 0 unspecified atom stereocenters. The quantitative estimate of drug-likeness (QED) is 0.782. The first-order valence-electron chi connectivity index (χ1n) is 5.53. The Morgan fingerprint density at radius 3 is 2.61 bits per heavy atom. The van der Waals surface area contributed by atoms with Gasteiger partial charge in [-0.15, -0.1) is 11.8 Å². The van der Waals surface area contributed by atoms with E-state index in [0.717, 1.165) is 10.5 Å². The third-order valence-corrected chi connectivity index (χ3v) is 3.95. The second-order valence-electron chi connectivity index (χ2n) is 3.79. The Morgan fingerprint density at radius 2 is 1.89 bits per heavy atom. The molecule has 0 radical (unpaired) electrons. The fourth-order valence-corrected chi connectivity index (χ4v) is 2.60. The molecule has 1 aromatic heterocycles. The van der Waals surface area contributed by atoms with Gasteiger partial charge in [-0.25, -0.2) is 0 Å². The Labute approximate surface area is 115 Å². The van der Waals surface area contributed by atoms with Gasteiger partial charge in [-0.3, -0.25) is 9.78 Å². The Balaban J connectivity index is 1.88. The molecule has 0 aliphatic heterocycles. The highest BCUT2D eigenvalue weighted by Gasteiger charge is 2.06. The van der Waals surface area contributed by atoms with E-state index in [1.54, 1.807) is 12.4 Å². The van der Waals surface area contributed by atoms with Crippen molar-refractivity contribution in [1.29, 1.82) is 0 Å². The molecule has 0 saturated heterocycles. The number of hydrogen-bond acceptors (Lipinski definition) is 3. The summed E-state index contributed by atoms with van der Waals surface area (Å²) in [4.78, 5) is 16.7. The predicted octanol–water partition coefficient (Wildman–Crippen LogP) is 3.64. The van der Waals surface area contributed by atoms with Crippen LogP contribution in [0, 0.1) is 0 Å². The minimum absolute atomic E-state index is 0.186. The van der Waals surface area contributed by atoms with E-state index in [4.69, 9.17) is 11.6 Å². The van der Waals surface area contributed by atoms with Gasteiger partial charge in [0.2, 0.25) is 0 Å². The van der Waals surface area contributed by atoms with Crippen LogP contribution >= 0.6 is 23.4 Å². The molecule has 4 heteroatoms. The molecule has 0 saturated carbocycles. The number of ketones is 1. The van der Waals surface area contributed by atoms with Gasteiger partial charge in [0.15, 0.2) is 0 Å². The Hall–Kier alpha value is -1.32. The summed E-state index contributed by atoms with van der Waals surface area (Å²) in [6.45, 7) is 0. The fourth-order valence-electron chi connectivity index (χ4n) is 1.50. The van der Waals surface area contributed by atoms with E-state index in [1.807, 2.05) is 36.4 Å². The number of halogens is 1. The molecule has 0 aliphatic carbocycles. The smallest absolute Gasteiger partial charge is 0.147 e. The van der Waals surface area contributed by atoms with Crippen LogP contribution in [0.2, 0.25) is 5.02 Å². The average Bonchev–Trinajstić information content (AvgIpc) is 2.39. The summed E-state index contributed by atoms with van der Waals surface area (Å²) < 4.78 is 0. The van der Waals surface area contributed by atoms with Gasteiger partial charge in [0.05, 0.1) is 10.8 Å². The number of benzene rings is 1. The average molecular weight is 278 g/mol. The van der Waals surface area contributed by atoms with E-state index in [2.05, 4.69) is 4.98 Å². The van der Waals surface area contributed by atoms with Gasteiger partial charge in [0.1, 0.15) is 5.78 Å². The van der Waals surface area contributed by atoms with Crippen molar-refractivity contribution in [1.82, 2.24) is 4.98 Å². The van der Waals surface area contributed by atoms with Gasteiger partial charge in [-0.2, -0.15) is 0 Å². The molecule has 92 valence electrons. The van der Waals surface area contributed by atoms with Crippen molar-refractivity contribution in [2.24, 2.45) is 0 Å². The van der Waals surface area contributed by atoms with Crippen LogP contribution in [0.5, 0.6) is 0 Å². The second-order valence-corrected chi connectivity index (χ2v) is 5.21. The van der Waals surface area contributed by atoms with Crippen molar-refractivity contribution in [2.75, 3.05) is 5.75 Å². The fraction of sp³-hybridized carbons (Fsp3) is 0.143. The lowest BCUT2D eigenvalue weighted by molar-refractivity contribution is -0.116. The Morgan fingerprint density at radius 1 is 1.17 bits per heavy atom. The summed E-state index contributed by atoms with van der Waals surface area (Å²) in [5.74, 6) is 0.623. The van der Waals surface area contributed by atoms with Crippen molar-refractivity contribution in [2.45, 2.75) is 11.3 Å². The van der Waals surface area contributed by atoms with Crippen LogP contribution in [-0.4, -0.2) is 16.5 Å². The lowest BCUT2D eigenvalue weighted by Gasteiger charge is -2.03. The van der Waals surface area contributed by atoms with E-state index in [1.165, 1.54) is 11.8 Å². The lowest BCUT2D eigenvalue weighted by Crippen LogP contribution is -2.05. The summed E-state index contributed by atoms with van der Waals surface area (Å²) in [7, 11) is 0. The van der Waals surface area contributed by atoms with Crippen LogP contribution in [0.4, 0.5) is 0 Å². The molecular weight excluding hydrogens is 266 g/mol. The van der Waals surface area contributed by atoms with Crippen LogP contribution in [0.3, 0.4) is 0 Å². The molecule has 0 N–H and O–H groups in total. The number of rotatable bonds is 5. The maximum Gasteiger partial charge on any atom is 0.147 e.